The van der Waals surface area contributed by atoms with E-state index in [2.05, 4.69) is 21.5 Å². The number of terminal acetylenes is 1. The van der Waals surface area contributed by atoms with E-state index in [9.17, 15) is 4.79 Å². The summed E-state index contributed by atoms with van der Waals surface area (Å²) in [4.78, 5) is 12.1. The molecular formula is C14H21N3O3. The highest BCUT2D eigenvalue weighted by atomic mass is 16.5. The van der Waals surface area contributed by atoms with Crippen LogP contribution in [0.4, 0.5) is 0 Å². The van der Waals surface area contributed by atoms with E-state index in [4.69, 9.17) is 15.9 Å². The first-order chi connectivity index (χ1) is 9.64. The normalized spacial score (nSPS) is 26.2. The molecule has 0 radical (unpaired) electrons. The maximum atomic E-state index is 12.1. The summed E-state index contributed by atoms with van der Waals surface area (Å²) >= 11 is 0. The number of carbonyl (C=O) groups is 1. The Morgan fingerprint density at radius 1 is 1.50 bits per heavy atom. The summed E-state index contributed by atoms with van der Waals surface area (Å²) in [6.45, 7) is 1.62. The van der Waals surface area contributed by atoms with Crippen molar-refractivity contribution in [1.29, 1.82) is 0 Å². The molecule has 1 fully saturated rings. The number of rotatable bonds is 8. The Kier molecular flexibility index (Phi) is 4.73. The average molecular weight is 279 g/mol. The fourth-order valence-corrected chi connectivity index (χ4v) is 2.47. The fraction of sp³-hybridized carbons (Fsp3) is 0.786. The standard InChI is InChI=1S/C14H21N3O3/c1-3-4-6-14(16-17-14)7-5-12(18)15-13(10-19-2)8-9-20-11-13/h1H,4-11H2,2H3,(H,15,18). The van der Waals surface area contributed by atoms with Crippen LogP contribution >= 0.6 is 0 Å². The van der Waals surface area contributed by atoms with Crippen molar-refractivity contribution in [2.24, 2.45) is 10.2 Å². The predicted octanol–water partition coefficient (Wildman–Crippen LogP) is 1.26. The fourth-order valence-electron chi connectivity index (χ4n) is 2.47. The second kappa shape index (κ2) is 6.33. The summed E-state index contributed by atoms with van der Waals surface area (Å²) in [5, 5.41) is 11.1. The molecule has 1 saturated heterocycles. The number of nitrogens with one attached hydrogen (secondary N) is 1. The molecule has 20 heavy (non-hydrogen) atoms. The van der Waals surface area contributed by atoms with Gasteiger partial charge in [-0.15, -0.1) is 12.3 Å². The molecular weight excluding hydrogens is 258 g/mol. The van der Waals surface area contributed by atoms with Gasteiger partial charge < -0.3 is 14.8 Å². The molecule has 0 spiro atoms. The van der Waals surface area contributed by atoms with Crippen LogP contribution in [0.5, 0.6) is 0 Å². The molecule has 2 heterocycles. The van der Waals surface area contributed by atoms with E-state index in [1.54, 1.807) is 7.11 Å². The highest BCUT2D eigenvalue weighted by molar-refractivity contribution is 5.77. The second-order valence-electron chi connectivity index (χ2n) is 5.45. The van der Waals surface area contributed by atoms with Gasteiger partial charge in [0, 0.05) is 39.4 Å². The van der Waals surface area contributed by atoms with E-state index in [0.29, 0.717) is 39.1 Å². The first-order valence-electron chi connectivity index (χ1n) is 6.89. The molecule has 0 aromatic carbocycles. The Balaban J connectivity index is 1.76. The van der Waals surface area contributed by atoms with Crippen LogP contribution in [-0.4, -0.2) is 44.0 Å². The minimum Gasteiger partial charge on any atom is -0.382 e. The molecule has 1 unspecified atom stereocenters. The lowest BCUT2D eigenvalue weighted by atomic mass is 9.98. The van der Waals surface area contributed by atoms with Gasteiger partial charge in [0.2, 0.25) is 5.91 Å². The van der Waals surface area contributed by atoms with Gasteiger partial charge in [0.1, 0.15) is 0 Å². The third-order valence-electron chi connectivity index (χ3n) is 3.73. The van der Waals surface area contributed by atoms with E-state index in [0.717, 1.165) is 12.8 Å². The molecule has 1 atom stereocenters. The van der Waals surface area contributed by atoms with E-state index in [1.807, 2.05) is 0 Å². The largest absolute Gasteiger partial charge is 0.382 e. The number of hydrogen-bond acceptors (Lipinski definition) is 5. The molecule has 1 amide bonds. The zero-order valence-electron chi connectivity index (χ0n) is 11.9. The summed E-state index contributed by atoms with van der Waals surface area (Å²) in [5.41, 5.74) is -0.778. The van der Waals surface area contributed by atoms with Gasteiger partial charge in [0.05, 0.1) is 18.8 Å². The summed E-state index contributed by atoms with van der Waals surface area (Å²) in [5.74, 6) is 2.57. The Bertz CT molecular complexity index is 416. The maximum absolute atomic E-state index is 12.1. The molecule has 0 saturated carbocycles. The molecule has 0 aromatic rings. The summed E-state index contributed by atoms with van der Waals surface area (Å²) in [6.07, 6.45) is 8.39. The van der Waals surface area contributed by atoms with Gasteiger partial charge >= 0.3 is 0 Å². The summed E-state index contributed by atoms with van der Waals surface area (Å²) < 4.78 is 10.6. The number of amides is 1. The Labute approximate surface area is 119 Å². The van der Waals surface area contributed by atoms with Gasteiger partial charge in [-0.1, -0.05) is 0 Å². The van der Waals surface area contributed by atoms with E-state index >= 15 is 0 Å². The highest BCUT2D eigenvalue weighted by Crippen LogP contribution is 2.37. The lowest BCUT2D eigenvalue weighted by Crippen LogP contribution is -2.52. The molecule has 6 nitrogen and oxygen atoms in total. The maximum Gasteiger partial charge on any atom is 0.220 e. The molecule has 1 N–H and O–H groups in total. The molecule has 0 aliphatic carbocycles. The number of methoxy groups -OCH3 is 1. The van der Waals surface area contributed by atoms with E-state index in [1.165, 1.54) is 0 Å². The third kappa shape index (κ3) is 3.78. The molecule has 6 heteroatoms. The molecule has 2 aliphatic rings. The zero-order chi connectivity index (χ0) is 14.5. The summed E-state index contributed by atoms with van der Waals surface area (Å²) in [7, 11) is 1.63. The Morgan fingerprint density at radius 3 is 2.85 bits per heavy atom. The molecule has 2 aliphatic heterocycles. The van der Waals surface area contributed by atoms with Gasteiger partial charge in [0.15, 0.2) is 5.66 Å². The minimum absolute atomic E-state index is 0.00932. The highest BCUT2D eigenvalue weighted by Gasteiger charge is 2.41. The Hall–Kier alpha value is -1.45. The van der Waals surface area contributed by atoms with Gasteiger partial charge in [-0.25, -0.2) is 0 Å². The predicted molar refractivity (Wildman–Crippen MR) is 73.1 cm³/mol. The quantitative estimate of drug-likeness (QED) is 0.680. The van der Waals surface area contributed by atoms with Crippen LogP contribution in [0.15, 0.2) is 10.2 Å². The number of hydrogen-bond donors (Lipinski definition) is 1. The van der Waals surface area contributed by atoms with Crippen LogP contribution in [-0.2, 0) is 14.3 Å². The van der Waals surface area contributed by atoms with Crippen LogP contribution in [0.3, 0.4) is 0 Å². The van der Waals surface area contributed by atoms with E-state index in [-0.39, 0.29) is 11.4 Å². The van der Waals surface area contributed by atoms with Crippen molar-refractivity contribution < 1.29 is 14.3 Å². The lowest BCUT2D eigenvalue weighted by Gasteiger charge is -2.28. The van der Waals surface area contributed by atoms with Crippen molar-refractivity contribution >= 4 is 5.91 Å². The van der Waals surface area contributed by atoms with Gasteiger partial charge in [-0.3, -0.25) is 4.79 Å². The zero-order valence-corrected chi connectivity index (χ0v) is 11.9. The molecule has 0 aromatic heterocycles. The van der Waals surface area contributed by atoms with Gasteiger partial charge in [0.25, 0.3) is 0 Å². The molecule has 110 valence electrons. The van der Waals surface area contributed by atoms with Crippen LogP contribution in [0.25, 0.3) is 0 Å². The SMILES string of the molecule is C#CCCC1(CCC(=O)NC2(COC)CCOC2)N=N1. The molecule has 2 rings (SSSR count). The first kappa shape index (κ1) is 14.9. The van der Waals surface area contributed by atoms with Crippen LogP contribution in [0.2, 0.25) is 0 Å². The van der Waals surface area contributed by atoms with Crippen molar-refractivity contribution in [2.75, 3.05) is 26.9 Å². The Morgan fingerprint density at radius 2 is 2.30 bits per heavy atom. The van der Waals surface area contributed by atoms with E-state index < -0.39 is 5.66 Å². The van der Waals surface area contributed by atoms with Crippen molar-refractivity contribution in [2.45, 2.75) is 43.3 Å². The van der Waals surface area contributed by atoms with Crippen molar-refractivity contribution in [1.82, 2.24) is 5.32 Å². The number of nitrogens with zero attached hydrogens (tertiary/aromatic N) is 2. The lowest BCUT2D eigenvalue weighted by molar-refractivity contribution is -0.124. The topological polar surface area (TPSA) is 72.3 Å². The molecule has 0 bridgehead atoms. The van der Waals surface area contributed by atoms with Crippen LogP contribution in [0.1, 0.15) is 32.1 Å². The second-order valence-corrected chi connectivity index (χ2v) is 5.45. The van der Waals surface area contributed by atoms with Crippen molar-refractivity contribution in [3.8, 4) is 12.3 Å². The first-order valence-corrected chi connectivity index (χ1v) is 6.89. The summed E-state index contributed by atoms with van der Waals surface area (Å²) in [6, 6.07) is 0. The average Bonchev–Trinajstić information content (AvgIpc) is 3.07. The van der Waals surface area contributed by atoms with Crippen molar-refractivity contribution in [3.05, 3.63) is 0 Å². The third-order valence-corrected chi connectivity index (χ3v) is 3.73. The number of carbonyl (C=O) groups excluding carboxylic acids is 1. The van der Waals surface area contributed by atoms with Gasteiger partial charge in [-0.2, -0.15) is 10.2 Å². The number of ether oxygens (including phenoxy) is 2. The van der Waals surface area contributed by atoms with Gasteiger partial charge in [-0.05, 0) is 6.42 Å². The smallest absolute Gasteiger partial charge is 0.220 e. The minimum atomic E-state index is -0.399. The van der Waals surface area contributed by atoms with Crippen LogP contribution in [0, 0.1) is 12.3 Å². The van der Waals surface area contributed by atoms with Crippen LogP contribution < -0.4 is 5.32 Å². The monoisotopic (exact) mass is 279 g/mol. The van der Waals surface area contributed by atoms with Crippen molar-refractivity contribution in [3.63, 3.8) is 0 Å².